The largest absolute Gasteiger partial charge is 0.497 e. The van der Waals surface area contributed by atoms with Gasteiger partial charge in [0.2, 0.25) is 11.8 Å². The third-order valence-corrected chi connectivity index (χ3v) is 4.21. The van der Waals surface area contributed by atoms with Crippen LogP contribution in [0.5, 0.6) is 5.75 Å². The first-order valence-electron chi connectivity index (χ1n) is 8.93. The molecule has 0 saturated carbocycles. The summed E-state index contributed by atoms with van der Waals surface area (Å²) in [7, 11) is 3.33. The van der Waals surface area contributed by atoms with E-state index < -0.39 is 0 Å². The number of ether oxygens (including phenoxy) is 1. The van der Waals surface area contributed by atoms with Gasteiger partial charge in [0.25, 0.3) is 0 Å². The Morgan fingerprint density at radius 1 is 1.00 bits per heavy atom. The van der Waals surface area contributed by atoms with E-state index in [0.29, 0.717) is 5.69 Å². The number of nitrogens with zero attached hydrogens (tertiary/aromatic N) is 1. The molecule has 0 bridgehead atoms. The van der Waals surface area contributed by atoms with Gasteiger partial charge in [0.15, 0.2) is 0 Å². The van der Waals surface area contributed by atoms with Gasteiger partial charge in [-0.15, -0.1) is 0 Å². The van der Waals surface area contributed by atoms with E-state index in [1.165, 1.54) is 0 Å². The number of carbonyl (C=O) groups is 2. The molecule has 6 heteroatoms. The van der Waals surface area contributed by atoms with Crippen LogP contribution in [0.15, 0.2) is 42.5 Å². The molecule has 2 amide bonds. The molecule has 2 rings (SSSR count). The lowest BCUT2D eigenvalue weighted by Gasteiger charge is -2.18. The van der Waals surface area contributed by atoms with Crippen molar-refractivity contribution in [2.24, 2.45) is 0 Å². The maximum absolute atomic E-state index is 12.4. The average Bonchev–Trinajstić information content (AvgIpc) is 2.63. The first-order chi connectivity index (χ1) is 12.9. The fourth-order valence-corrected chi connectivity index (χ4v) is 2.80. The Kier molecular flexibility index (Phi) is 7.37. The molecule has 144 valence electrons. The predicted molar refractivity (Wildman–Crippen MR) is 108 cm³/mol. The maximum Gasteiger partial charge on any atom is 0.238 e. The van der Waals surface area contributed by atoms with E-state index in [1.54, 1.807) is 43.3 Å². The minimum Gasteiger partial charge on any atom is -0.497 e. The van der Waals surface area contributed by atoms with Crippen molar-refractivity contribution < 1.29 is 14.3 Å². The standard InChI is InChI=1S/C21H27N3O3/c1-5-16-8-6-7-15(2)21(16)23-20(26)14-24(3)13-19(25)22-17-9-11-18(27-4)12-10-17/h6-12H,5,13-14H2,1-4H3,(H,22,25)(H,23,26). The number of hydrogen-bond donors (Lipinski definition) is 2. The molecule has 0 spiro atoms. The van der Waals surface area contributed by atoms with Gasteiger partial charge >= 0.3 is 0 Å². The molecular formula is C21H27N3O3. The topological polar surface area (TPSA) is 70.7 Å². The smallest absolute Gasteiger partial charge is 0.238 e. The molecule has 2 aromatic rings. The summed E-state index contributed by atoms with van der Waals surface area (Å²) in [5.41, 5.74) is 3.68. The monoisotopic (exact) mass is 369 g/mol. The Morgan fingerprint density at radius 3 is 2.22 bits per heavy atom. The second-order valence-electron chi connectivity index (χ2n) is 6.46. The van der Waals surface area contributed by atoms with Gasteiger partial charge in [-0.05, 0) is 55.8 Å². The Morgan fingerprint density at radius 2 is 1.63 bits per heavy atom. The van der Waals surface area contributed by atoms with Crippen molar-refractivity contribution in [1.82, 2.24) is 4.90 Å². The second-order valence-corrected chi connectivity index (χ2v) is 6.46. The summed E-state index contributed by atoms with van der Waals surface area (Å²) < 4.78 is 5.09. The molecular weight excluding hydrogens is 342 g/mol. The number of anilines is 2. The van der Waals surface area contributed by atoms with Crippen LogP contribution in [0.4, 0.5) is 11.4 Å². The number of hydrogen-bond acceptors (Lipinski definition) is 4. The number of nitrogens with one attached hydrogen (secondary N) is 2. The van der Waals surface area contributed by atoms with E-state index in [2.05, 4.69) is 17.6 Å². The van der Waals surface area contributed by atoms with Gasteiger partial charge in [-0.25, -0.2) is 0 Å². The lowest BCUT2D eigenvalue weighted by Crippen LogP contribution is -2.36. The first kappa shape index (κ1) is 20.5. The zero-order chi connectivity index (χ0) is 19.8. The normalized spacial score (nSPS) is 10.6. The lowest BCUT2D eigenvalue weighted by molar-refractivity contribution is -0.119. The Labute approximate surface area is 160 Å². The number of likely N-dealkylation sites (N-methyl/N-ethyl adjacent to an activating group) is 1. The Hall–Kier alpha value is -2.86. The summed E-state index contributed by atoms with van der Waals surface area (Å²) in [5, 5.41) is 5.78. The van der Waals surface area contributed by atoms with Gasteiger partial charge < -0.3 is 15.4 Å². The van der Waals surface area contributed by atoms with Gasteiger partial charge in [0.1, 0.15) is 5.75 Å². The lowest BCUT2D eigenvalue weighted by atomic mass is 10.1. The third-order valence-electron chi connectivity index (χ3n) is 4.21. The summed E-state index contributed by atoms with van der Waals surface area (Å²) in [6.45, 7) is 4.28. The number of aryl methyl sites for hydroxylation is 2. The van der Waals surface area contributed by atoms with E-state index in [1.807, 2.05) is 25.1 Å². The summed E-state index contributed by atoms with van der Waals surface area (Å²) >= 11 is 0. The molecule has 0 aliphatic rings. The van der Waals surface area contributed by atoms with Crippen LogP contribution in [0.1, 0.15) is 18.1 Å². The summed E-state index contributed by atoms with van der Waals surface area (Å²) in [6, 6.07) is 13.1. The van der Waals surface area contributed by atoms with Crippen LogP contribution in [-0.2, 0) is 16.0 Å². The fraction of sp³-hybridized carbons (Fsp3) is 0.333. The first-order valence-corrected chi connectivity index (χ1v) is 8.93. The van der Waals surface area contributed by atoms with E-state index in [9.17, 15) is 9.59 Å². The zero-order valence-corrected chi connectivity index (χ0v) is 16.3. The van der Waals surface area contributed by atoms with Crippen molar-refractivity contribution in [3.05, 3.63) is 53.6 Å². The minimum absolute atomic E-state index is 0.119. The third kappa shape index (κ3) is 6.11. The van der Waals surface area contributed by atoms with E-state index >= 15 is 0 Å². The van der Waals surface area contributed by atoms with Crippen molar-refractivity contribution in [3.63, 3.8) is 0 Å². The molecule has 0 unspecified atom stereocenters. The number of amides is 2. The molecule has 0 atom stereocenters. The number of benzene rings is 2. The number of rotatable bonds is 8. The molecule has 0 aliphatic carbocycles. The summed E-state index contributed by atoms with van der Waals surface area (Å²) in [6.07, 6.45) is 0.845. The highest BCUT2D eigenvalue weighted by molar-refractivity contribution is 5.95. The van der Waals surface area contributed by atoms with Gasteiger partial charge in [0.05, 0.1) is 20.2 Å². The molecule has 2 N–H and O–H groups in total. The maximum atomic E-state index is 12.4. The van der Waals surface area contributed by atoms with Crippen molar-refractivity contribution >= 4 is 23.2 Å². The fourth-order valence-electron chi connectivity index (χ4n) is 2.80. The van der Waals surface area contributed by atoms with Gasteiger partial charge in [-0.1, -0.05) is 25.1 Å². The van der Waals surface area contributed by atoms with Crippen molar-refractivity contribution in [2.75, 3.05) is 37.9 Å². The molecule has 6 nitrogen and oxygen atoms in total. The number of carbonyl (C=O) groups excluding carboxylic acids is 2. The van der Waals surface area contributed by atoms with Crippen molar-refractivity contribution in [1.29, 1.82) is 0 Å². The predicted octanol–water partition coefficient (Wildman–Crippen LogP) is 3.08. The Bertz CT molecular complexity index is 788. The Balaban J connectivity index is 1.86. The molecule has 2 aromatic carbocycles. The molecule has 0 aromatic heterocycles. The van der Waals surface area contributed by atoms with E-state index in [4.69, 9.17) is 4.74 Å². The molecule has 27 heavy (non-hydrogen) atoms. The summed E-state index contributed by atoms with van der Waals surface area (Å²) in [5.74, 6) is 0.406. The highest BCUT2D eigenvalue weighted by atomic mass is 16.5. The number of methoxy groups -OCH3 is 1. The van der Waals surface area contributed by atoms with Crippen LogP contribution >= 0.6 is 0 Å². The van der Waals surface area contributed by atoms with Crippen LogP contribution in [0, 0.1) is 6.92 Å². The van der Waals surface area contributed by atoms with Crippen molar-refractivity contribution in [2.45, 2.75) is 20.3 Å². The minimum atomic E-state index is -0.180. The van der Waals surface area contributed by atoms with E-state index in [-0.39, 0.29) is 24.9 Å². The molecule has 0 radical (unpaired) electrons. The van der Waals surface area contributed by atoms with Crippen LogP contribution in [0.2, 0.25) is 0 Å². The summed E-state index contributed by atoms with van der Waals surface area (Å²) in [4.78, 5) is 26.2. The van der Waals surface area contributed by atoms with Crippen LogP contribution in [-0.4, -0.2) is 44.0 Å². The molecule has 0 saturated heterocycles. The number of para-hydroxylation sites is 1. The highest BCUT2D eigenvalue weighted by Crippen LogP contribution is 2.21. The second kappa shape index (κ2) is 9.73. The van der Waals surface area contributed by atoms with Gasteiger partial charge in [0, 0.05) is 11.4 Å². The quantitative estimate of drug-likeness (QED) is 0.750. The van der Waals surface area contributed by atoms with Crippen LogP contribution in [0.3, 0.4) is 0 Å². The van der Waals surface area contributed by atoms with Crippen LogP contribution in [0.25, 0.3) is 0 Å². The van der Waals surface area contributed by atoms with Crippen molar-refractivity contribution in [3.8, 4) is 5.75 Å². The van der Waals surface area contributed by atoms with Gasteiger partial charge in [-0.3, -0.25) is 14.5 Å². The van der Waals surface area contributed by atoms with E-state index in [0.717, 1.165) is 29.0 Å². The highest BCUT2D eigenvalue weighted by Gasteiger charge is 2.13. The molecule has 0 fully saturated rings. The van der Waals surface area contributed by atoms with Crippen LogP contribution < -0.4 is 15.4 Å². The average molecular weight is 369 g/mol. The molecule has 0 aliphatic heterocycles. The SMILES string of the molecule is CCc1cccc(C)c1NC(=O)CN(C)CC(=O)Nc1ccc(OC)cc1. The zero-order valence-electron chi connectivity index (χ0n) is 16.3. The van der Waals surface area contributed by atoms with Gasteiger partial charge in [-0.2, -0.15) is 0 Å². The molecule has 0 heterocycles.